The van der Waals surface area contributed by atoms with Crippen LogP contribution in [0.2, 0.25) is 5.54 Å². The molecule has 1 unspecified atom stereocenters. The molecule has 3 heteroatoms. The minimum atomic E-state index is -1.33. The molecular weight excluding hydrogens is 156 g/mol. The van der Waals surface area contributed by atoms with Gasteiger partial charge < -0.3 is 8.85 Å². The highest BCUT2D eigenvalue weighted by Crippen LogP contribution is 2.15. The van der Waals surface area contributed by atoms with Crippen LogP contribution in [0.3, 0.4) is 0 Å². The second-order valence-electron chi connectivity index (χ2n) is 2.66. The van der Waals surface area contributed by atoms with E-state index in [2.05, 4.69) is 13.8 Å². The molecule has 0 bridgehead atoms. The van der Waals surface area contributed by atoms with E-state index in [0.29, 0.717) is 5.54 Å². The summed E-state index contributed by atoms with van der Waals surface area (Å²) >= 11 is 0. The summed E-state index contributed by atoms with van der Waals surface area (Å²) in [4.78, 5) is 0. The largest absolute Gasteiger partial charge is 0.397 e. The lowest BCUT2D eigenvalue weighted by atomic mass is 10.4. The average Bonchev–Trinajstić information content (AvgIpc) is 2.03. The molecule has 0 saturated carbocycles. The summed E-state index contributed by atoms with van der Waals surface area (Å²) in [5.41, 5.74) is 0.634. The van der Waals surface area contributed by atoms with Crippen molar-refractivity contribution in [2.45, 2.75) is 39.7 Å². The van der Waals surface area contributed by atoms with Crippen LogP contribution < -0.4 is 0 Å². The molecule has 0 aromatic rings. The van der Waals surface area contributed by atoms with Gasteiger partial charge in [0.1, 0.15) is 0 Å². The van der Waals surface area contributed by atoms with Crippen LogP contribution >= 0.6 is 0 Å². The summed E-state index contributed by atoms with van der Waals surface area (Å²) in [5.74, 6) is 0. The average molecular weight is 176 g/mol. The molecule has 0 heterocycles. The van der Waals surface area contributed by atoms with Gasteiger partial charge in [0.2, 0.25) is 0 Å². The predicted molar refractivity (Wildman–Crippen MR) is 50.1 cm³/mol. The second-order valence-corrected chi connectivity index (χ2v) is 5.21. The zero-order valence-electron chi connectivity index (χ0n) is 8.09. The highest BCUT2D eigenvalue weighted by Gasteiger charge is 2.18. The van der Waals surface area contributed by atoms with Gasteiger partial charge in [-0.1, -0.05) is 20.3 Å². The maximum atomic E-state index is 5.55. The van der Waals surface area contributed by atoms with Gasteiger partial charge in [-0.2, -0.15) is 0 Å². The van der Waals surface area contributed by atoms with Crippen LogP contribution in [0, 0.1) is 0 Å². The molecule has 0 saturated heterocycles. The van der Waals surface area contributed by atoms with Gasteiger partial charge in [0.15, 0.2) is 0 Å². The molecule has 0 aromatic carbocycles. The first kappa shape index (κ1) is 11.1. The van der Waals surface area contributed by atoms with Gasteiger partial charge in [-0.25, -0.2) is 0 Å². The van der Waals surface area contributed by atoms with Gasteiger partial charge in [0.25, 0.3) is 0 Å². The summed E-state index contributed by atoms with van der Waals surface area (Å²) in [6.45, 7) is 10.0. The minimum absolute atomic E-state index is 0.634. The summed E-state index contributed by atoms with van der Waals surface area (Å²) in [6.07, 6.45) is 1.16. The molecule has 0 aromatic heterocycles. The Balaban J connectivity index is 3.66. The van der Waals surface area contributed by atoms with E-state index in [9.17, 15) is 0 Å². The minimum Gasteiger partial charge on any atom is -0.397 e. The van der Waals surface area contributed by atoms with Crippen molar-refractivity contribution in [1.82, 2.24) is 0 Å². The third-order valence-electron chi connectivity index (χ3n) is 1.77. The molecule has 0 amide bonds. The zero-order valence-corrected chi connectivity index (χ0v) is 9.25. The second kappa shape index (κ2) is 6.82. The normalized spacial score (nSPS) is 13.9. The molecule has 0 spiro atoms. The monoisotopic (exact) mass is 176 g/mol. The molecular formula is C8H20O2Si. The highest BCUT2D eigenvalue weighted by molar-refractivity contribution is 6.46. The van der Waals surface area contributed by atoms with Crippen molar-refractivity contribution in [3.8, 4) is 0 Å². The fourth-order valence-corrected chi connectivity index (χ4v) is 2.69. The third kappa shape index (κ3) is 4.56. The molecule has 11 heavy (non-hydrogen) atoms. The van der Waals surface area contributed by atoms with E-state index < -0.39 is 9.28 Å². The van der Waals surface area contributed by atoms with Crippen molar-refractivity contribution >= 4 is 9.28 Å². The summed E-state index contributed by atoms with van der Waals surface area (Å²) in [6, 6.07) is 0. The van der Waals surface area contributed by atoms with E-state index in [-0.39, 0.29) is 0 Å². The molecule has 0 aliphatic heterocycles. The van der Waals surface area contributed by atoms with E-state index in [4.69, 9.17) is 8.85 Å². The van der Waals surface area contributed by atoms with E-state index >= 15 is 0 Å². The Morgan fingerprint density at radius 2 is 1.55 bits per heavy atom. The summed E-state index contributed by atoms with van der Waals surface area (Å²) in [7, 11) is -1.33. The van der Waals surface area contributed by atoms with Crippen molar-refractivity contribution in [2.24, 2.45) is 0 Å². The fraction of sp³-hybridized carbons (Fsp3) is 1.00. The fourth-order valence-electron chi connectivity index (χ4n) is 0.898. The molecule has 0 rings (SSSR count). The lowest BCUT2D eigenvalue weighted by molar-refractivity contribution is 0.204. The number of rotatable bonds is 6. The molecule has 0 aliphatic carbocycles. The van der Waals surface area contributed by atoms with Gasteiger partial charge in [-0.05, 0) is 19.4 Å². The Labute approximate surface area is 71.7 Å². The van der Waals surface area contributed by atoms with Gasteiger partial charge in [-0.15, -0.1) is 0 Å². The zero-order chi connectivity index (χ0) is 8.69. The van der Waals surface area contributed by atoms with Crippen molar-refractivity contribution in [1.29, 1.82) is 0 Å². The Morgan fingerprint density at radius 3 is 1.82 bits per heavy atom. The van der Waals surface area contributed by atoms with Crippen LogP contribution in [0.1, 0.15) is 34.1 Å². The lowest BCUT2D eigenvalue weighted by Gasteiger charge is -2.19. The Morgan fingerprint density at radius 1 is 1.09 bits per heavy atom. The Bertz CT molecular complexity index is 82.2. The molecule has 2 nitrogen and oxygen atoms in total. The van der Waals surface area contributed by atoms with Crippen molar-refractivity contribution in [3.63, 3.8) is 0 Å². The first-order chi connectivity index (χ1) is 5.26. The van der Waals surface area contributed by atoms with Crippen LogP contribution in [0.4, 0.5) is 0 Å². The van der Waals surface area contributed by atoms with E-state index in [1.807, 2.05) is 13.8 Å². The van der Waals surface area contributed by atoms with Crippen LogP contribution in [-0.4, -0.2) is 22.5 Å². The topological polar surface area (TPSA) is 18.5 Å². The maximum Gasteiger partial charge on any atom is 0.324 e. The van der Waals surface area contributed by atoms with E-state index in [0.717, 1.165) is 19.6 Å². The standard InChI is InChI=1S/C8H20O2Si/c1-5-8(4)11(9-6-2)10-7-3/h8,11H,5-7H2,1-4H3. The van der Waals surface area contributed by atoms with Gasteiger partial charge in [0.05, 0.1) is 0 Å². The van der Waals surface area contributed by atoms with Crippen molar-refractivity contribution < 1.29 is 8.85 Å². The van der Waals surface area contributed by atoms with E-state index in [1.165, 1.54) is 0 Å². The van der Waals surface area contributed by atoms with Gasteiger partial charge in [-0.3, -0.25) is 0 Å². The molecule has 1 atom stereocenters. The van der Waals surface area contributed by atoms with Gasteiger partial charge in [0, 0.05) is 13.2 Å². The smallest absolute Gasteiger partial charge is 0.324 e. The summed E-state index contributed by atoms with van der Waals surface area (Å²) < 4.78 is 11.1. The van der Waals surface area contributed by atoms with Crippen molar-refractivity contribution in [3.05, 3.63) is 0 Å². The first-order valence-electron chi connectivity index (χ1n) is 4.49. The Kier molecular flexibility index (Phi) is 6.91. The van der Waals surface area contributed by atoms with Crippen LogP contribution in [0.25, 0.3) is 0 Å². The molecule has 0 radical (unpaired) electrons. The van der Waals surface area contributed by atoms with Crippen molar-refractivity contribution in [2.75, 3.05) is 13.2 Å². The number of hydrogen-bond acceptors (Lipinski definition) is 2. The predicted octanol–water partition coefficient (Wildman–Crippen LogP) is 2.08. The van der Waals surface area contributed by atoms with Crippen LogP contribution in [-0.2, 0) is 8.85 Å². The maximum absolute atomic E-state index is 5.55. The molecule has 0 fully saturated rings. The SMILES string of the molecule is CCO[SiH](OCC)C(C)CC. The van der Waals surface area contributed by atoms with Crippen LogP contribution in [0.15, 0.2) is 0 Å². The lowest BCUT2D eigenvalue weighted by Crippen LogP contribution is -2.27. The highest BCUT2D eigenvalue weighted by atomic mass is 28.3. The Hall–Kier alpha value is 0.137. The van der Waals surface area contributed by atoms with E-state index in [1.54, 1.807) is 0 Å². The first-order valence-corrected chi connectivity index (χ1v) is 6.10. The third-order valence-corrected chi connectivity index (χ3v) is 4.49. The molecule has 0 N–H and O–H groups in total. The van der Waals surface area contributed by atoms with Crippen LogP contribution in [0.5, 0.6) is 0 Å². The van der Waals surface area contributed by atoms with Gasteiger partial charge >= 0.3 is 9.28 Å². The molecule has 0 aliphatic rings. The number of hydrogen-bond donors (Lipinski definition) is 0. The quantitative estimate of drug-likeness (QED) is 0.577. The molecule has 68 valence electrons. The summed E-state index contributed by atoms with van der Waals surface area (Å²) in [5, 5.41) is 0.